The van der Waals surface area contributed by atoms with Gasteiger partial charge in [0.05, 0.1) is 12.8 Å². The summed E-state index contributed by atoms with van der Waals surface area (Å²) in [6, 6.07) is 22.7. The van der Waals surface area contributed by atoms with E-state index < -0.39 is 6.17 Å². The van der Waals surface area contributed by atoms with Crippen molar-refractivity contribution in [1.82, 2.24) is 5.01 Å². The highest BCUT2D eigenvalue weighted by Crippen LogP contribution is 2.46. The lowest BCUT2D eigenvalue weighted by molar-refractivity contribution is -0.128. The van der Waals surface area contributed by atoms with Crippen LogP contribution in [0.4, 0.5) is 11.4 Å². The van der Waals surface area contributed by atoms with Crippen molar-refractivity contribution >= 4 is 17.3 Å². The molecular formula is C23H21N3O3. The van der Waals surface area contributed by atoms with Gasteiger partial charge in [-0.15, -0.1) is 0 Å². The van der Waals surface area contributed by atoms with E-state index in [-0.39, 0.29) is 17.7 Å². The lowest BCUT2D eigenvalue weighted by Gasteiger charge is -2.32. The number of hydrogen-bond donors (Lipinski definition) is 2. The second-order valence-electron chi connectivity index (χ2n) is 7.25. The normalized spacial score (nSPS) is 19.8. The van der Waals surface area contributed by atoms with Gasteiger partial charge < -0.3 is 14.7 Å². The van der Waals surface area contributed by atoms with Crippen LogP contribution in [0.25, 0.3) is 0 Å². The largest absolute Gasteiger partial charge is 0.504 e. The number of para-hydroxylation sites is 2. The van der Waals surface area contributed by atoms with Crippen molar-refractivity contribution in [1.29, 1.82) is 0 Å². The van der Waals surface area contributed by atoms with Gasteiger partial charge in [-0.2, -0.15) is 0 Å². The minimum absolute atomic E-state index is 0.00496. The molecule has 1 fully saturated rings. The van der Waals surface area contributed by atoms with E-state index in [0.717, 1.165) is 22.5 Å². The minimum Gasteiger partial charge on any atom is -0.504 e. The van der Waals surface area contributed by atoms with Gasteiger partial charge in [-0.25, -0.2) is 5.01 Å². The summed E-state index contributed by atoms with van der Waals surface area (Å²) in [5.74, 6) is 0.456. The number of phenolic OH excluding ortho intramolecular Hbond substituents is 1. The van der Waals surface area contributed by atoms with Crippen LogP contribution in [0.15, 0.2) is 72.8 Å². The number of hydrogen-bond acceptors (Lipinski definition) is 5. The number of carbonyl (C=O) groups is 1. The number of aromatic hydroxyl groups is 1. The van der Waals surface area contributed by atoms with Gasteiger partial charge in [0.1, 0.15) is 6.04 Å². The molecule has 146 valence electrons. The van der Waals surface area contributed by atoms with Crippen molar-refractivity contribution in [3.63, 3.8) is 0 Å². The SMILES string of the molecule is COc1ccc([C@H]2N(Nc3ccccc3)C(=O)[C@@H]3Cc4ccccc4N32)cc1O. The molecule has 2 aliphatic heterocycles. The molecule has 0 aromatic heterocycles. The average Bonchev–Trinajstić information content (AvgIpc) is 3.24. The summed E-state index contributed by atoms with van der Waals surface area (Å²) in [5.41, 5.74) is 7.12. The number of methoxy groups -OCH3 is 1. The lowest BCUT2D eigenvalue weighted by atomic mass is 10.1. The fourth-order valence-corrected chi connectivity index (χ4v) is 4.27. The first kappa shape index (κ1) is 17.4. The summed E-state index contributed by atoms with van der Waals surface area (Å²) < 4.78 is 5.19. The Labute approximate surface area is 168 Å². The molecule has 0 saturated carbocycles. The summed E-state index contributed by atoms with van der Waals surface area (Å²) in [7, 11) is 1.52. The van der Waals surface area contributed by atoms with Crippen molar-refractivity contribution in [2.24, 2.45) is 0 Å². The van der Waals surface area contributed by atoms with Crippen LogP contribution >= 0.6 is 0 Å². The highest BCUT2D eigenvalue weighted by molar-refractivity contribution is 5.93. The first-order chi connectivity index (χ1) is 14.2. The molecular weight excluding hydrogens is 366 g/mol. The lowest BCUT2D eigenvalue weighted by Crippen LogP contribution is -2.37. The predicted octanol–water partition coefficient (Wildman–Crippen LogP) is 3.70. The van der Waals surface area contributed by atoms with E-state index in [1.54, 1.807) is 17.1 Å². The molecule has 0 bridgehead atoms. The molecule has 0 unspecified atom stereocenters. The van der Waals surface area contributed by atoms with E-state index in [4.69, 9.17) is 4.74 Å². The third kappa shape index (κ3) is 2.76. The monoisotopic (exact) mass is 387 g/mol. The van der Waals surface area contributed by atoms with Crippen molar-refractivity contribution in [3.05, 3.63) is 83.9 Å². The fraction of sp³-hybridized carbons (Fsp3) is 0.174. The van der Waals surface area contributed by atoms with E-state index in [1.165, 1.54) is 7.11 Å². The van der Waals surface area contributed by atoms with Crippen molar-refractivity contribution < 1.29 is 14.6 Å². The zero-order valence-electron chi connectivity index (χ0n) is 15.9. The quantitative estimate of drug-likeness (QED) is 0.715. The number of benzene rings is 3. The molecule has 2 aliphatic rings. The third-order valence-corrected chi connectivity index (χ3v) is 5.57. The van der Waals surface area contributed by atoms with Crippen LogP contribution in [0.3, 0.4) is 0 Å². The number of carbonyl (C=O) groups excluding carboxylic acids is 1. The number of phenols is 1. The zero-order valence-corrected chi connectivity index (χ0v) is 15.9. The van der Waals surface area contributed by atoms with Crippen LogP contribution in [0, 0.1) is 0 Å². The summed E-state index contributed by atoms with van der Waals surface area (Å²) >= 11 is 0. The molecule has 2 N–H and O–H groups in total. The molecule has 29 heavy (non-hydrogen) atoms. The molecule has 5 rings (SSSR count). The highest BCUT2D eigenvalue weighted by Gasteiger charge is 2.51. The van der Waals surface area contributed by atoms with Crippen molar-refractivity contribution in [2.45, 2.75) is 18.6 Å². The van der Waals surface area contributed by atoms with Crippen LogP contribution in [0.5, 0.6) is 11.5 Å². The molecule has 6 heteroatoms. The Hall–Kier alpha value is -3.67. The molecule has 0 aliphatic carbocycles. The zero-order chi connectivity index (χ0) is 20.0. The molecule has 6 nitrogen and oxygen atoms in total. The molecule has 2 atom stereocenters. The third-order valence-electron chi connectivity index (χ3n) is 5.57. The van der Waals surface area contributed by atoms with Gasteiger partial charge in [-0.1, -0.05) is 42.5 Å². The first-order valence-electron chi connectivity index (χ1n) is 9.55. The van der Waals surface area contributed by atoms with Gasteiger partial charge in [0, 0.05) is 17.7 Å². The standard InChI is InChI=1S/C23H21N3O3/c1-29-21-12-11-16(14-20(21)27)22-25-18-10-6-5-7-15(18)13-19(25)23(28)26(22)24-17-8-3-2-4-9-17/h2-12,14,19,22,24,27H,13H2,1H3/t19-,22+/m0/s1. The van der Waals surface area contributed by atoms with Gasteiger partial charge in [-0.05, 0) is 35.9 Å². The average molecular weight is 387 g/mol. The Balaban J connectivity index is 1.61. The minimum atomic E-state index is -0.395. The van der Waals surface area contributed by atoms with Gasteiger partial charge in [0.25, 0.3) is 5.91 Å². The number of fused-ring (bicyclic) bond motifs is 3. The molecule has 2 heterocycles. The maximum absolute atomic E-state index is 13.4. The van der Waals surface area contributed by atoms with E-state index in [9.17, 15) is 9.90 Å². The predicted molar refractivity (Wildman–Crippen MR) is 111 cm³/mol. The second kappa shape index (κ2) is 6.74. The molecule has 1 amide bonds. The molecule has 0 radical (unpaired) electrons. The van der Waals surface area contributed by atoms with Crippen molar-refractivity contribution in [3.8, 4) is 11.5 Å². The number of ether oxygens (including phenoxy) is 1. The highest BCUT2D eigenvalue weighted by atomic mass is 16.5. The Kier molecular flexibility index (Phi) is 4.05. The smallest absolute Gasteiger partial charge is 0.266 e. The van der Waals surface area contributed by atoms with Gasteiger partial charge in [0.2, 0.25) is 0 Å². The number of amides is 1. The first-order valence-corrected chi connectivity index (χ1v) is 9.55. The molecule has 1 saturated heterocycles. The second-order valence-corrected chi connectivity index (χ2v) is 7.25. The van der Waals surface area contributed by atoms with E-state index in [0.29, 0.717) is 12.2 Å². The van der Waals surface area contributed by atoms with E-state index in [2.05, 4.69) is 16.4 Å². The molecule has 0 spiro atoms. The maximum atomic E-state index is 13.4. The van der Waals surface area contributed by atoms with Crippen LogP contribution in [0.2, 0.25) is 0 Å². The number of nitrogens with zero attached hydrogens (tertiary/aromatic N) is 2. The van der Waals surface area contributed by atoms with Crippen molar-refractivity contribution in [2.75, 3.05) is 17.4 Å². The van der Waals surface area contributed by atoms with Crippen LogP contribution in [-0.2, 0) is 11.2 Å². The molecule has 3 aromatic carbocycles. The van der Waals surface area contributed by atoms with E-state index in [1.807, 2.05) is 54.6 Å². The number of nitrogens with one attached hydrogen (secondary N) is 1. The van der Waals surface area contributed by atoms with Gasteiger partial charge in [-0.3, -0.25) is 10.2 Å². The van der Waals surface area contributed by atoms with Crippen LogP contribution in [-0.4, -0.2) is 29.2 Å². The Morgan fingerprint density at radius 2 is 1.79 bits per heavy atom. The Morgan fingerprint density at radius 1 is 1.03 bits per heavy atom. The van der Waals surface area contributed by atoms with Crippen LogP contribution < -0.4 is 15.1 Å². The fourth-order valence-electron chi connectivity index (χ4n) is 4.27. The maximum Gasteiger partial charge on any atom is 0.266 e. The Bertz CT molecular complexity index is 1070. The summed E-state index contributed by atoms with van der Waals surface area (Å²) in [5, 5.41) is 12.0. The number of anilines is 2. The molecule has 3 aromatic rings. The summed E-state index contributed by atoms with van der Waals surface area (Å²) in [6.45, 7) is 0. The Morgan fingerprint density at radius 3 is 2.55 bits per heavy atom. The van der Waals surface area contributed by atoms with E-state index >= 15 is 0 Å². The number of hydrazine groups is 1. The topological polar surface area (TPSA) is 65.0 Å². The number of rotatable bonds is 4. The van der Waals surface area contributed by atoms with Crippen LogP contribution in [0.1, 0.15) is 17.3 Å². The van der Waals surface area contributed by atoms with Gasteiger partial charge >= 0.3 is 0 Å². The summed E-state index contributed by atoms with van der Waals surface area (Å²) in [4.78, 5) is 15.5. The summed E-state index contributed by atoms with van der Waals surface area (Å²) in [6.07, 6.45) is 0.272. The van der Waals surface area contributed by atoms with Gasteiger partial charge in [0.15, 0.2) is 17.7 Å².